The van der Waals surface area contributed by atoms with Gasteiger partial charge in [0.2, 0.25) is 11.8 Å². The number of carbonyl (C=O) groups excluding carboxylic acids is 2. The fourth-order valence-corrected chi connectivity index (χ4v) is 3.70. The second-order valence-electron chi connectivity index (χ2n) is 8.31. The van der Waals surface area contributed by atoms with Crippen LogP contribution in [0.5, 0.6) is 0 Å². The van der Waals surface area contributed by atoms with Crippen LogP contribution < -0.4 is 10.6 Å². The largest absolute Gasteiger partial charge is 0.372 e. The molecule has 2 saturated heterocycles. The molecule has 0 aromatic heterocycles. The van der Waals surface area contributed by atoms with Crippen molar-refractivity contribution in [3.63, 3.8) is 0 Å². The first-order valence-electron chi connectivity index (χ1n) is 11.5. The lowest BCUT2D eigenvalue weighted by molar-refractivity contribution is -0.126. The lowest BCUT2D eigenvalue weighted by atomic mass is 10.3. The summed E-state index contributed by atoms with van der Waals surface area (Å²) in [7, 11) is 3.76. The number of piperazine rings is 2. The summed E-state index contributed by atoms with van der Waals surface area (Å²) >= 11 is 0. The van der Waals surface area contributed by atoms with Gasteiger partial charge in [0.1, 0.15) is 13.2 Å². The molecule has 10 nitrogen and oxygen atoms in total. The third-order valence-corrected chi connectivity index (χ3v) is 5.87. The molecule has 2 N–H and O–H groups in total. The van der Waals surface area contributed by atoms with Crippen LogP contribution in [-0.4, -0.2) is 150 Å². The Kier molecular flexibility index (Phi) is 13.0. The Morgan fingerprint density at radius 1 is 0.742 bits per heavy atom. The van der Waals surface area contributed by atoms with Crippen LogP contribution in [0.15, 0.2) is 0 Å². The molecule has 2 aliphatic heterocycles. The van der Waals surface area contributed by atoms with Crippen molar-refractivity contribution >= 4 is 11.8 Å². The first-order chi connectivity index (χ1) is 15.1. The number of ether oxygens (including phenoxy) is 2. The number of nitrogens with one attached hydrogen (secondary N) is 2. The Labute approximate surface area is 187 Å². The molecule has 0 unspecified atom stereocenters. The first kappa shape index (κ1) is 26.0. The Hall–Kier alpha value is -1.30. The highest BCUT2D eigenvalue weighted by Crippen LogP contribution is 2.02. The summed E-state index contributed by atoms with van der Waals surface area (Å²) in [6.07, 6.45) is 0.932. The van der Waals surface area contributed by atoms with E-state index in [-0.39, 0.29) is 25.0 Å². The fraction of sp³-hybridized carbons (Fsp3) is 0.905. The molecular formula is C21H42N6O4. The van der Waals surface area contributed by atoms with Crippen LogP contribution in [0.4, 0.5) is 0 Å². The lowest BCUT2D eigenvalue weighted by Gasteiger charge is -2.34. The van der Waals surface area contributed by atoms with E-state index in [9.17, 15) is 9.59 Å². The summed E-state index contributed by atoms with van der Waals surface area (Å²) in [4.78, 5) is 32.6. The van der Waals surface area contributed by atoms with Gasteiger partial charge in [-0.25, -0.2) is 0 Å². The zero-order valence-electron chi connectivity index (χ0n) is 19.4. The zero-order chi connectivity index (χ0) is 22.3. The maximum absolute atomic E-state index is 11.9. The van der Waals surface area contributed by atoms with Gasteiger partial charge in [-0.15, -0.1) is 0 Å². The molecule has 0 saturated carbocycles. The predicted octanol–water partition coefficient (Wildman–Crippen LogP) is -1.86. The molecule has 2 heterocycles. The average molecular weight is 443 g/mol. The second kappa shape index (κ2) is 15.5. The lowest BCUT2D eigenvalue weighted by Crippen LogP contribution is -2.48. The zero-order valence-corrected chi connectivity index (χ0v) is 19.4. The van der Waals surface area contributed by atoms with Crippen molar-refractivity contribution in [3.8, 4) is 0 Å². The van der Waals surface area contributed by atoms with Crippen molar-refractivity contribution in [2.45, 2.75) is 6.42 Å². The third kappa shape index (κ3) is 11.8. The molecule has 31 heavy (non-hydrogen) atoms. The second-order valence-corrected chi connectivity index (χ2v) is 8.31. The minimum atomic E-state index is -0.0853. The van der Waals surface area contributed by atoms with E-state index in [4.69, 9.17) is 9.47 Å². The van der Waals surface area contributed by atoms with Crippen LogP contribution in [0.1, 0.15) is 6.42 Å². The molecular weight excluding hydrogens is 400 g/mol. The topological polar surface area (TPSA) is 89.6 Å². The highest BCUT2D eigenvalue weighted by molar-refractivity contribution is 5.77. The summed E-state index contributed by atoms with van der Waals surface area (Å²) in [5, 5.41) is 5.50. The molecule has 0 aromatic rings. The highest BCUT2D eigenvalue weighted by atomic mass is 16.5. The van der Waals surface area contributed by atoms with Crippen molar-refractivity contribution in [1.29, 1.82) is 0 Å². The van der Waals surface area contributed by atoms with Crippen LogP contribution in [0.3, 0.4) is 0 Å². The van der Waals surface area contributed by atoms with Crippen molar-refractivity contribution in [2.24, 2.45) is 0 Å². The minimum Gasteiger partial charge on any atom is -0.372 e. The van der Waals surface area contributed by atoms with Gasteiger partial charge in [0.25, 0.3) is 0 Å². The van der Waals surface area contributed by atoms with E-state index in [1.54, 1.807) is 7.05 Å². The number of hydrogen-bond acceptors (Lipinski definition) is 8. The molecule has 0 radical (unpaired) electrons. The number of carbonyl (C=O) groups is 2. The van der Waals surface area contributed by atoms with Gasteiger partial charge in [-0.2, -0.15) is 0 Å². The summed E-state index contributed by atoms with van der Waals surface area (Å²) in [6, 6.07) is 0. The summed E-state index contributed by atoms with van der Waals surface area (Å²) in [6.45, 7) is 13.3. The summed E-state index contributed by atoms with van der Waals surface area (Å²) in [5.74, 6) is -0.119. The quantitative estimate of drug-likeness (QED) is 0.303. The van der Waals surface area contributed by atoms with Crippen LogP contribution >= 0.6 is 0 Å². The minimum absolute atomic E-state index is 0.0335. The average Bonchev–Trinajstić information content (AvgIpc) is 2.78. The molecule has 2 aliphatic rings. The van der Waals surface area contributed by atoms with Gasteiger partial charge in [-0.1, -0.05) is 0 Å². The van der Waals surface area contributed by atoms with Crippen molar-refractivity contribution < 1.29 is 19.1 Å². The van der Waals surface area contributed by atoms with Crippen LogP contribution in [0, 0.1) is 0 Å². The normalized spacial score (nSPS) is 19.4. The van der Waals surface area contributed by atoms with Crippen molar-refractivity contribution in [3.05, 3.63) is 0 Å². The monoisotopic (exact) mass is 442 g/mol. The number of amides is 2. The van der Waals surface area contributed by atoms with Gasteiger partial charge in [0.05, 0.1) is 6.61 Å². The Balaban J connectivity index is 1.39. The Morgan fingerprint density at radius 2 is 1.29 bits per heavy atom. The number of hydrogen-bond donors (Lipinski definition) is 2. The molecule has 0 atom stereocenters. The van der Waals surface area contributed by atoms with E-state index in [1.807, 2.05) is 0 Å². The molecule has 0 spiro atoms. The number of rotatable bonds is 14. The van der Waals surface area contributed by atoms with E-state index in [2.05, 4.69) is 37.3 Å². The van der Waals surface area contributed by atoms with Gasteiger partial charge >= 0.3 is 0 Å². The molecule has 2 rings (SSSR count). The van der Waals surface area contributed by atoms with E-state index >= 15 is 0 Å². The third-order valence-electron chi connectivity index (χ3n) is 5.87. The first-order valence-corrected chi connectivity index (χ1v) is 11.5. The van der Waals surface area contributed by atoms with Gasteiger partial charge in [-0.05, 0) is 13.5 Å². The Bertz CT molecular complexity index is 508. The predicted molar refractivity (Wildman–Crippen MR) is 120 cm³/mol. The summed E-state index contributed by atoms with van der Waals surface area (Å²) in [5.41, 5.74) is 0. The maximum Gasteiger partial charge on any atom is 0.246 e. The van der Waals surface area contributed by atoms with Gasteiger partial charge in [0.15, 0.2) is 0 Å². The number of likely N-dealkylation sites (N-methyl/N-ethyl adjacent to an activating group) is 2. The highest BCUT2D eigenvalue weighted by Gasteiger charge is 2.16. The van der Waals surface area contributed by atoms with Crippen LogP contribution in [-0.2, 0) is 19.1 Å². The van der Waals surface area contributed by atoms with Gasteiger partial charge < -0.3 is 29.9 Å². The van der Waals surface area contributed by atoms with Crippen molar-refractivity contribution in [2.75, 3.05) is 119 Å². The molecule has 0 aromatic carbocycles. The Morgan fingerprint density at radius 3 is 1.97 bits per heavy atom. The van der Waals surface area contributed by atoms with Crippen molar-refractivity contribution in [1.82, 2.24) is 30.2 Å². The fourth-order valence-electron chi connectivity index (χ4n) is 3.70. The number of nitrogens with zero attached hydrogens (tertiary/aromatic N) is 4. The SMILES string of the molecule is CNC(=O)COCCCN1CCN(CCNC(=O)COCCN2CCN(C)CC2)CC1. The maximum atomic E-state index is 11.9. The molecule has 0 aliphatic carbocycles. The molecule has 2 amide bonds. The van der Waals surface area contributed by atoms with Gasteiger partial charge in [-0.3, -0.25) is 19.4 Å². The van der Waals surface area contributed by atoms with Gasteiger partial charge in [0, 0.05) is 92.2 Å². The van der Waals surface area contributed by atoms with E-state index in [0.29, 0.717) is 19.8 Å². The smallest absolute Gasteiger partial charge is 0.246 e. The van der Waals surface area contributed by atoms with E-state index < -0.39 is 0 Å². The molecule has 2 fully saturated rings. The van der Waals surface area contributed by atoms with Crippen LogP contribution in [0.25, 0.3) is 0 Å². The van der Waals surface area contributed by atoms with E-state index in [0.717, 1.165) is 78.4 Å². The molecule has 0 bridgehead atoms. The van der Waals surface area contributed by atoms with E-state index in [1.165, 1.54) is 0 Å². The molecule has 180 valence electrons. The standard InChI is InChI=1S/C21H42N6O4/c1-22-20(28)18-30-16-3-5-25-11-13-26(14-12-25)6-4-23-21(29)19-31-17-15-27-9-7-24(2)8-10-27/h3-19H2,1-2H3,(H,22,28)(H,23,29). The summed E-state index contributed by atoms with van der Waals surface area (Å²) < 4.78 is 10.9. The molecule has 10 heteroatoms. The van der Waals surface area contributed by atoms with Crippen LogP contribution in [0.2, 0.25) is 0 Å².